The van der Waals surface area contributed by atoms with Gasteiger partial charge in [0.2, 0.25) is 15.9 Å². The van der Waals surface area contributed by atoms with Crippen molar-refractivity contribution in [3.63, 3.8) is 0 Å². The highest BCUT2D eigenvalue weighted by atomic mass is 32.2. The molecule has 1 N–H and O–H groups in total. The minimum atomic E-state index is -3.63. The molecule has 3 aromatic rings. The van der Waals surface area contributed by atoms with Crippen LogP contribution in [0.4, 0.5) is 0 Å². The number of benzene rings is 1. The Morgan fingerprint density at radius 3 is 2.73 bits per heavy atom. The first kappa shape index (κ1) is 18.0. The summed E-state index contributed by atoms with van der Waals surface area (Å²) in [7, 11) is -2.09. The first-order valence-electron chi connectivity index (χ1n) is 7.88. The number of nitrogens with one attached hydrogen (secondary N) is 1. The zero-order chi connectivity index (χ0) is 18.6. The van der Waals surface area contributed by atoms with Gasteiger partial charge in [-0.1, -0.05) is 6.07 Å². The molecule has 2 aromatic heterocycles. The summed E-state index contributed by atoms with van der Waals surface area (Å²) in [6.07, 6.45) is 1.90. The molecule has 0 spiro atoms. The molecule has 0 amide bonds. The number of methoxy groups -OCH3 is 1. The Balaban J connectivity index is 1.62. The number of ether oxygens (including phenoxy) is 1. The van der Waals surface area contributed by atoms with E-state index in [1.54, 1.807) is 44.5 Å². The molecule has 136 valence electrons. The molecule has 0 unspecified atom stereocenters. The molecule has 3 rings (SSSR count). The maximum absolute atomic E-state index is 12.4. The zero-order valence-corrected chi connectivity index (χ0v) is 15.2. The van der Waals surface area contributed by atoms with Crippen molar-refractivity contribution in [3.05, 3.63) is 54.0 Å². The predicted molar refractivity (Wildman–Crippen MR) is 94.2 cm³/mol. The van der Waals surface area contributed by atoms with E-state index in [0.717, 1.165) is 5.56 Å². The summed E-state index contributed by atoms with van der Waals surface area (Å²) in [5.41, 5.74) is 1.31. The lowest BCUT2D eigenvalue weighted by Gasteiger charge is -2.09. The number of sulfonamides is 1. The first-order chi connectivity index (χ1) is 12.5. The van der Waals surface area contributed by atoms with Crippen LogP contribution in [0, 0.1) is 6.92 Å². The second-order valence-electron chi connectivity index (χ2n) is 5.50. The molecule has 0 aliphatic carbocycles. The van der Waals surface area contributed by atoms with E-state index in [2.05, 4.69) is 19.9 Å². The van der Waals surface area contributed by atoms with Crippen LogP contribution in [0.1, 0.15) is 11.5 Å². The highest BCUT2D eigenvalue weighted by Gasteiger charge is 2.16. The number of aryl methyl sites for hydroxylation is 1. The Morgan fingerprint density at radius 1 is 1.19 bits per heavy atom. The van der Waals surface area contributed by atoms with Crippen LogP contribution < -0.4 is 9.46 Å². The van der Waals surface area contributed by atoms with Gasteiger partial charge in [0.05, 0.1) is 12.0 Å². The van der Waals surface area contributed by atoms with Gasteiger partial charge in [-0.25, -0.2) is 13.1 Å². The van der Waals surface area contributed by atoms with Crippen molar-refractivity contribution in [2.24, 2.45) is 0 Å². The molecular weight excluding hydrogens is 356 g/mol. The van der Waals surface area contributed by atoms with Gasteiger partial charge in [0, 0.05) is 19.2 Å². The molecule has 9 heteroatoms. The fourth-order valence-corrected chi connectivity index (χ4v) is 3.46. The quantitative estimate of drug-likeness (QED) is 0.673. The van der Waals surface area contributed by atoms with Crippen LogP contribution in [0.15, 0.2) is 51.9 Å². The summed E-state index contributed by atoms with van der Waals surface area (Å²) in [6, 6.07) is 10.0. The second kappa shape index (κ2) is 7.63. The Bertz CT molecular complexity index is 987. The van der Waals surface area contributed by atoms with Crippen LogP contribution in [0.3, 0.4) is 0 Å². The Hall–Kier alpha value is -2.78. The number of aromatic nitrogens is 3. The van der Waals surface area contributed by atoms with Crippen molar-refractivity contribution in [3.8, 4) is 17.3 Å². The van der Waals surface area contributed by atoms with Crippen molar-refractivity contribution in [1.82, 2.24) is 19.9 Å². The van der Waals surface area contributed by atoms with Gasteiger partial charge in [-0.05, 0) is 42.8 Å². The molecule has 0 saturated carbocycles. The van der Waals surface area contributed by atoms with Crippen LogP contribution in [-0.2, 0) is 16.4 Å². The van der Waals surface area contributed by atoms with Gasteiger partial charge >= 0.3 is 0 Å². The molecule has 0 saturated heterocycles. The van der Waals surface area contributed by atoms with E-state index in [4.69, 9.17) is 9.15 Å². The topological polar surface area (TPSA) is 107 Å². The lowest BCUT2D eigenvalue weighted by Crippen LogP contribution is -2.26. The van der Waals surface area contributed by atoms with E-state index < -0.39 is 10.0 Å². The third kappa shape index (κ3) is 4.06. The Morgan fingerprint density at radius 2 is 2.04 bits per heavy atom. The van der Waals surface area contributed by atoms with Gasteiger partial charge in [-0.2, -0.15) is 0 Å². The third-order valence-electron chi connectivity index (χ3n) is 3.66. The predicted octanol–water partition coefficient (Wildman–Crippen LogP) is 1.97. The largest absolute Gasteiger partial charge is 0.496 e. The van der Waals surface area contributed by atoms with Crippen LogP contribution in [0.2, 0.25) is 0 Å². The van der Waals surface area contributed by atoms with Gasteiger partial charge in [0.25, 0.3) is 5.89 Å². The molecule has 0 fully saturated rings. The van der Waals surface area contributed by atoms with Crippen molar-refractivity contribution in [2.75, 3.05) is 13.7 Å². The summed E-state index contributed by atoms with van der Waals surface area (Å²) in [4.78, 5) is 4.30. The lowest BCUT2D eigenvalue weighted by atomic mass is 10.2. The van der Waals surface area contributed by atoms with Gasteiger partial charge in [-0.15, -0.1) is 10.2 Å². The molecule has 8 nitrogen and oxygen atoms in total. The summed E-state index contributed by atoms with van der Waals surface area (Å²) in [6.45, 7) is 1.92. The van der Waals surface area contributed by atoms with E-state index in [-0.39, 0.29) is 17.9 Å². The number of hydrogen-bond donors (Lipinski definition) is 1. The minimum Gasteiger partial charge on any atom is -0.496 e. The molecule has 0 aliphatic rings. The van der Waals surface area contributed by atoms with E-state index in [1.807, 2.05) is 6.07 Å². The van der Waals surface area contributed by atoms with Crippen LogP contribution in [0.25, 0.3) is 11.6 Å². The minimum absolute atomic E-state index is 0.136. The van der Waals surface area contributed by atoms with Crippen LogP contribution >= 0.6 is 0 Å². The Kier molecular flexibility index (Phi) is 5.29. The maximum atomic E-state index is 12.4. The smallest absolute Gasteiger partial charge is 0.266 e. The SMILES string of the molecule is COc1ccc(S(=O)(=O)NCCc2nnc(-c3ccccn3)o2)cc1C. The van der Waals surface area contributed by atoms with Crippen molar-refractivity contribution < 1.29 is 17.6 Å². The normalized spacial score (nSPS) is 11.5. The number of hydrogen-bond acceptors (Lipinski definition) is 7. The van der Waals surface area contributed by atoms with Gasteiger partial charge < -0.3 is 9.15 Å². The van der Waals surface area contributed by atoms with Gasteiger partial charge in [0.15, 0.2) is 0 Å². The van der Waals surface area contributed by atoms with E-state index in [9.17, 15) is 8.42 Å². The molecule has 0 radical (unpaired) electrons. The highest BCUT2D eigenvalue weighted by molar-refractivity contribution is 7.89. The molecule has 0 bridgehead atoms. The average molecular weight is 374 g/mol. The zero-order valence-electron chi connectivity index (χ0n) is 14.3. The molecule has 0 aliphatic heterocycles. The average Bonchev–Trinajstić information content (AvgIpc) is 3.11. The monoisotopic (exact) mass is 374 g/mol. The molecule has 1 aromatic carbocycles. The van der Waals surface area contributed by atoms with Crippen molar-refractivity contribution in [2.45, 2.75) is 18.2 Å². The number of rotatable bonds is 7. The lowest BCUT2D eigenvalue weighted by molar-refractivity contribution is 0.411. The highest BCUT2D eigenvalue weighted by Crippen LogP contribution is 2.21. The number of nitrogens with zero attached hydrogens (tertiary/aromatic N) is 3. The third-order valence-corrected chi connectivity index (χ3v) is 5.12. The fraction of sp³-hybridized carbons (Fsp3) is 0.235. The standard InChI is InChI=1S/C17H18N4O4S/c1-12-11-13(6-7-15(12)24-2)26(22,23)19-10-8-16-20-21-17(25-16)14-5-3-4-9-18-14/h3-7,9,11,19H,8,10H2,1-2H3. The van der Waals surface area contributed by atoms with E-state index in [0.29, 0.717) is 23.2 Å². The van der Waals surface area contributed by atoms with E-state index in [1.165, 1.54) is 6.07 Å². The Labute approximate surface area is 151 Å². The molecule has 26 heavy (non-hydrogen) atoms. The fourth-order valence-electron chi connectivity index (χ4n) is 2.34. The second-order valence-corrected chi connectivity index (χ2v) is 7.26. The summed E-state index contributed by atoms with van der Waals surface area (Å²) in [5, 5.41) is 7.83. The van der Waals surface area contributed by atoms with Crippen LogP contribution in [0.5, 0.6) is 5.75 Å². The first-order valence-corrected chi connectivity index (χ1v) is 9.36. The summed E-state index contributed by atoms with van der Waals surface area (Å²) >= 11 is 0. The van der Waals surface area contributed by atoms with E-state index >= 15 is 0 Å². The number of pyridine rings is 1. The summed E-state index contributed by atoms with van der Waals surface area (Å²) in [5.74, 6) is 1.27. The molecule has 2 heterocycles. The van der Waals surface area contributed by atoms with Gasteiger partial charge in [0.1, 0.15) is 11.4 Å². The van der Waals surface area contributed by atoms with Crippen molar-refractivity contribution >= 4 is 10.0 Å². The van der Waals surface area contributed by atoms with Gasteiger partial charge in [-0.3, -0.25) is 4.98 Å². The van der Waals surface area contributed by atoms with Crippen molar-refractivity contribution in [1.29, 1.82) is 0 Å². The van der Waals surface area contributed by atoms with Crippen LogP contribution in [-0.4, -0.2) is 37.3 Å². The molecular formula is C17H18N4O4S. The summed E-state index contributed by atoms with van der Waals surface area (Å²) < 4.78 is 37.9. The maximum Gasteiger partial charge on any atom is 0.266 e. The molecule has 0 atom stereocenters.